The lowest BCUT2D eigenvalue weighted by molar-refractivity contribution is -0.129. The first-order valence-electron chi connectivity index (χ1n) is 11.1. The van der Waals surface area contributed by atoms with E-state index in [2.05, 4.69) is 38.1 Å². The van der Waals surface area contributed by atoms with Crippen molar-refractivity contribution in [3.05, 3.63) is 96.1 Å². The van der Waals surface area contributed by atoms with Gasteiger partial charge in [-0.25, -0.2) is 4.98 Å². The van der Waals surface area contributed by atoms with E-state index in [4.69, 9.17) is 0 Å². The maximum Gasteiger partial charge on any atom is 0.225 e. The van der Waals surface area contributed by atoms with Crippen LogP contribution in [0.2, 0.25) is 0 Å². The highest BCUT2D eigenvalue weighted by Crippen LogP contribution is 2.20. The van der Waals surface area contributed by atoms with Crippen molar-refractivity contribution < 1.29 is 9.59 Å². The summed E-state index contributed by atoms with van der Waals surface area (Å²) in [6.07, 6.45) is 3.82. The Hall–Kier alpha value is -4.00. The Bertz CT molecular complexity index is 1270. The molecular weight excluding hydrogens is 414 g/mol. The monoisotopic (exact) mass is 439 g/mol. The molecule has 7 nitrogen and oxygen atoms in total. The van der Waals surface area contributed by atoms with E-state index < -0.39 is 0 Å². The fourth-order valence-electron chi connectivity index (χ4n) is 4.22. The second-order valence-corrected chi connectivity index (χ2v) is 8.39. The molecule has 2 aromatic heterocycles. The van der Waals surface area contributed by atoms with E-state index in [1.165, 1.54) is 5.56 Å². The summed E-state index contributed by atoms with van der Waals surface area (Å²) in [7, 11) is 0. The molecule has 1 aliphatic rings. The highest BCUT2D eigenvalue weighted by atomic mass is 16.2. The van der Waals surface area contributed by atoms with Gasteiger partial charge in [0.05, 0.1) is 35.5 Å². The number of rotatable bonds is 7. The molecule has 4 aromatic rings. The lowest BCUT2D eigenvalue weighted by Gasteiger charge is -2.16. The first kappa shape index (κ1) is 20.9. The molecule has 3 heterocycles. The second kappa shape index (κ2) is 9.24. The first-order chi connectivity index (χ1) is 16.2. The van der Waals surface area contributed by atoms with Crippen molar-refractivity contribution >= 4 is 22.8 Å². The molecule has 2 amide bonds. The molecule has 0 saturated carbocycles. The Labute approximate surface area is 192 Å². The molecule has 0 spiro atoms. The Balaban J connectivity index is 1.14. The van der Waals surface area contributed by atoms with Gasteiger partial charge in [-0.3, -0.25) is 14.6 Å². The van der Waals surface area contributed by atoms with Crippen LogP contribution >= 0.6 is 0 Å². The van der Waals surface area contributed by atoms with Crippen molar-refractivity contribution in [2.24, 2.45) is 5.92 Å². The summed E-state index contributed by atoms with van der Waals surface area (Å²) in [4.78, 5) is 35.4. The number of likely N-dealkylation sites (tertiary alicyclic amines) is 1. The smallest absolute Gasteiger partial charge is 0.225 e. The van der Waals surface area contributed by atoms with Crippen molar-refractivity contribution in [3.63, 3.8) is 0 Å². The minimum Gasteiger partial charge on any atom is -0.352 e. The van der Waals surface area contributed by atoms with Crippen LogP contribution in [-0.4, -0.2) is 37.8 Å². The number of nitrogens with zero attached hydrogens (tertiary/aromatic N) is 4. The van der Waals surface area contributed by atoms with Crippen LogP contribution in [0.1, 0.15) is 23.2 Å². The Morgan fingerprint density at radius 2 is 1.73 bits per heavy atom. The van der Waals surface area contributed by atoms with E-state index in [1.54, 1.807) is 11.1 Å². The van der Waals surface area contributed by atoms with Gasteiger partial charge in [-0.1, -0.05) is 42.5 Å². The van der Waals surface area contributed by atoms with E-state index in [-0.39, 0.29) is 24.2 Å². The fraction of sp³-hybridized carbons (Fsp3) is 0.231. The van der Waals surface area contributed by atoms with Gasteiger partial charge in [0.25, 0.3) is 0 Å². The number of carbonyl (C=O) groups is 2. The number of nitrogens with one attached hydrogen (secondary N) is 1. The molecule has 1 aliphatic heterocycles. The van der Waals surface area contributed by atoms with Crippen LogP contribution in [-0.2, 0) is 29.2 Å². The Morgan fingerprint density at radius 3 is 2.55 bits per heavy atom. The maximum absolute atomic E-state index is 12.6. The molecule has 1 saturated heterocycles. The number of aromatic nitrogens is 3. The molecule has 7 heteroatoms. The molecule has 0 aliphatic carbocycles. The van der Waals surface area contributed by atoms with Crippen molar-refractivity contribution in [2.75, 3.05) is 6.54 Å². The molecule has 5 rings (SSSR count). The van der Waals surface area contributed by atoms with Crippen LogP contribution in [0, 0.1) is 5.92 Å². The average molecular weight is 440 g/mol. The van der Waals surface area contributed by atoms with Crippen LogP contribution in [0.5, 0.6) is 0 Å². The molecule has 1 atom stereocenters. The van der Waals surface area contributed by atoms with E-state index >= 15 is 0 Å². The van der Waals surface area contributed by atoms with Crippen molar-refractivity contribution in [1.29, 1.82) is 0 Å². The molecule has 0 bridgehead atoms. The number of carbonyl (C=O) groups excluding carboxylic acids is 2. The third-order valence-corrected chi connectivity index (χ3v) is 6.03. The number of imidazole rings is 1. The van der Waals surface area contributed by atoms with Crippen LogP contribution in [0.25, 0.3) is 11.0 Å². The predicted octanol–water partition coefficient (Wildman–Crippen LogP) is 3.14. The van der Waals surface area contributed by atoms with Gasteiger partial charge in [0.2, 0.25) is 11.8 Å². The van der Waals surface area contributed by atoms with Gasteiger partial charge in [0, 0.05) is 32.3 Å². The molecule has 166 valence electrons. The minimum absolute atomic E-state index is 0.00261. The molecule has 2 aromatic carbocycles. The quantitative estimate of drug-likeness (QED) is 0.480. The summed E-state index contributed by atoms with van der Waals surface area (Å²) >= 11 is 0. The normalized spacial score (nSPS) is 15.8. The Morgan fingerprint density at radius 1 is 0.939 bits per heavy atom. The summed E-state index contributed by atoms with van der Waals surface area (Å²) < 4.78 is 2.12. The van der Waals surface area contributed by atoms with Gasteiger partial charge in [-0.2, -0.15) is 0 Å². The SMILES string of the molecule is O=C(NCc1ccc(Cn2cnc3ccccc32)cc1)[C@@H]1CC(=O)N(Cc2ccccn2)C1. The van der Waals surface area contributed by atoms with E-state index in [0.29, 0.717) is 19.6 Å². The lowest BCUT2D eigenvalue weighted by atomic mass is 10.1. The van der Waals surface area contributed by atoms with Crippen molar-refractivity contribution in [2.45, 2.75) is 26.1 Å². The second-order valence-electron chi connectivity index (χ2n) is 8.39. The van der Waals surface area contributed by atoms with E-state index in [9.17, 15) is 9.59 Å². The summed E-state index contributed by atoms with van der Waals surface area (Å²) in [6, 6.07) is 21.9. The predicted molar refractivity (Wildman–Crippen MR) is 125 cm³/mol. The topological polar surface area (TPSA) is 80.1 Å². The van der Waals surface area contributed by atoms with Gasteiger partial charge < -0.3 is 14.8 Å². The van der Waals surface area contributed by atoms with Crippen molar-refractivity contribution in [3.8, 4) is 0 Å². The standard InChI is InChI=1S/C26H25N5O2/c32-25-13-21(16-30(25)17-22-5-3-4-12-27-22)26(33)28-14-19-8-10-20(11-9-19)15-31-18-29-23-6-1-2-7-24(23)31/h1-12,18,21H,13-17H2,(H,28,33)/t21-/m1/s1. The van der Waals surface area contributed by atoms with E-state index in [1.807, 2.05) is 54.9 Å². The number of hydrogen-bond donors (Lipinski definition) is 1. The first-order valence-corrected chi connectivity index (χ1v) is 11.1. The Kier molecular flexibility index (Phi) is 5.85. The van der Waals surface area contributed by atoms with Crippen LogP contribution in [0.3, 0.4) is 0 Å². The molecule has 0 unspecified atom stereocenters. The molecule has 1 fully saturated rings. The van der Waals surface area contributed by atoms with E-state index in [0.717, 1.165) is 28.8 Å². The number of benzene rings is 2. The molecule has 1 N–H and O–H groups in total. The van der Waals surface area contributed by atoms with Gasteiger partial charge in [-0.05, 0) is 35.4 Å². The summed E-state index contributed by atoms with van der Waals surface area (Å²) in [5, 5.41) is 2.99. The largest absolute Gasteiger partial charge is 0.352 e. The van der Waals surface area contributed by atoms with Crippen molar-refractivity contribution in [1.82, 2.24) is 24.8 Å². The summed E-state index contributed by atoms with van der Waals surface area (Å²) in [5.74, 6) is -0.409. The third-order valence-electron chi connectivity index (χ3n) is 6.03. The zero-order valence-electron chi connectivity index (χ0n) is 18.2. The van der Waals surface area contributed by atoms with Crippen LogP contribution < -0.4 is 5.32 Å². The molecule has 0 radical (unpaired) electrons. The van der Waals surface area contributed by atoms with Gasteiger partial charge in [0.15, 0.2) is 0 Å². The van der Waals surface area contributed by atoms with Crippen LogP contribution in [0.15, 0.2) is 79.3 Å². The maximum atomic E-state index is 12.6. The number of para-hydroxylation sites is 2. The molecular formula is C26H25N5O2. The third kappa shape index (κ3) is 4.77. The number of fused-ring (bicyclic) bond motifs is 1. The number of pyridine rings is 1. The zero-order valence-corrected chi connectivity index (χ0v) is 18.2. The highest BCUT2D eigenvalue weighted by molar-refractivity contribution is 5.89. The number of amides is 2. The minimum atomic E-state index is -0.324. The van der Waals surface area contributed by atoms with Gasteiger partial charge in [0.1, 0.15) is 0 Å². The zero-order chi connectivity index (χ0) is 22.6. The average Bonchev–Trinajstić information content (AvgIpc) is 3.42. The van der Waals surface area contributed by atoms with Gasteiger partial charge in [-0.15, -0.1) is 0 Å². The van der Waals surface area contributed by atoms with Gasteiger partial charge >= 0.3 is 0 Å². The number of hydrogen-bond acceptors (Lipinski definition) is 4. The summed E-state index contributed by atoms with van der Waals surface area (Å²) in [5.41, 5.74) is 5.12. The fourth-order valence-corrected chi connectivity index (χ4v) is 4.22. The molecule has 33 heavy (non-hydrogen) atoms. The highest BCUT2D eigenvalue weighted by Gasteiger charge is 2.34. The summed E-state index contributed by atoms with van der Waals surface area (Å²) in [6.45, 7) is 2.05. The lowest BCUT2D eigenvalue weighted by Crippen LogP contribution is -2.32. The van der Waals surface area contributed by atoms with Crippen LogP contribution in [0.4, 0.5) is 0 Å².